The number of ether oxygens (including phenoxy) is 1. The summed E-state index contributed by atoms with van der Waals surface area (Å²) in [6, 6.07) is 8.33. The number of benzene rings is 1. The Kier molecular flexibility index (Phi) is 5.86. The molecule has 0 radical (unpaired) electrons. The molecule has 0 spiro atoms. The van der Waals surface area contributed by atoms with Crippen LogP contribution in [0.3, 0.4) is 0 Å². The van der Waals surface area contributed by atoms with Gasteiger partial charge in [0.2, 0.25) is 0 Å². The first-order chi connectivity index (χ1) is 7.36. The predicted molar refractivity (Wildman–Crippen MR) is 64.2 cm³/mol. The first-order valence-corrected chi connectivity index (χ1v) is 5.78. The number of rotatable bonds is 7. The molecule has 0 aromatic heterocycles. The molecule has 2 nitrogen and oxygen atoms in total. The molecule has 1 aromatic carbocycles. The molecule has 0 bridgehead atoms. The van der Waals surface area contributed by atoms with E-state index >= 15 is 0 Å². The maximum absolute atomic E-state index is 5.58. The smallest absolute Gasteiger partial charge is 0.119 e. The monoisotopic (exact) mass is 207 g/mol. The number of unbranched alkanes of at least 4 members (excludes halogenated alkanes) is 1. The second-order valence-corrected chi connectivity index (χ2v) is 3.74. The Bertz CT molecular complexity index is 256. The fourth-order valence-corrected chi connectivity index (χ4v) is 1.39. The van der Waals surface area contributed by atoms with Gasteiger partial charge in [0, 0.05) is 0 Å². The molecule has 0 aliphatic rings. The van der Waals surface area contributed by atoms with E-state index in [0.717, 1.165) is 38.2 Å². The van der Waals surface area contributed by atoms with E-state index in [-0.39, 0.29) is 0 Å². The maximum atomic E-state index is 5.58. The molecule has 0 aliphatic carbocycles. The first-order valence-electron chi connectivity index (χ1n) is 5.78. The highest BCUT2D eigenvalue weighted by molar-refractivity contribution is 5.27. The third-order valence-electron chi connectivity index (χ3n) is 2.36. The Balaban J connectivity index is 2.35. The van der Waals surface area contributed by atoms with Gasteiger partial charge in [0.05, 0.1) is 6.61 Å². The molecule has 0 aliphatic heterocycles. The molecule has 2 heteroatoms. The lowest BCUT2D eigenvalue weighted by Crippen LogP contribution is -2.00. The molecule has 0 unspecified atom stereocenters. The van der Waals surface area contributed by atoms with Crippen molar-refractivity contribution in [2.45, 2.75) is 32.6 Å². The van der Waals surface area contributed by atoms with Crippen molar-refractivity contribution < 1.29 is 4.74 Å². The topological polar surface area (TPSA) is 35.2 Å². The molecule has 1 aromatic rings. The summed E-state index contributed by atoms with van der Waals surface area (Å²) in [6.45, 7) is 3.74. The Morgan fingerprint density at radius 1 is 1.13 bits per heavy atom. The normalized spacial score (nSPS) is 10.3. The predicted octanol–water partition coefficient (Wildman–Crippen LogP) is 2.76. The fraction of sp³-hybridized carbons (Fsp3) is 0.538. The van der Waals surface area contributed by atoms with Crippen molar-refractivity contribution in [3.05, 3.63) is 29.8 Å². The van der Waals surface area contributed by atoms with Gasteiger partial charge in [-0.3, -0.25) is 0 Å². The molecule has 84 valence electrons. The van der Waals surface area contributed by atoms with Crippen molar-refractivity contribution >= 4 is 0 Å². The standard InChI is InChI=1S/C13H21NO/c1-2-3-11-15-13-8-6-12(7-9-13)5-4-10-14/h6-9H,2-5,10-11,14H2,1H3. The van der Waals surface area contributed by atoms with E-state index in [0.29, 0.717) is 0 Å². The molecular weight excluding hydrogens is 186 g/mol. The summed E-state index contributed by atoms with van der Waals surface area (Å²) < 4.78 is 5.58. The number of nitrogens with two attached hydrogens (primary N) is 1. The second-order valence-electron chi connectivity index (χ2n) is 3.74. The van der Waals surface area contributed by atoms with Crippen LogP contribution in [0.4, 0.5) is 0 Å². The van der Waals surface area contributed by atoms with Crippen LogP contribution in [0, 0.1) is 0 Å². The van der Waals surface area contributed by atoms with E-state index in [1.54, 1.807) is 0 Å². The van der Waals surface area contributed by atoms with Crippen molar-refractivity contribution in [2.75, 3.05) is 13.2 Å². The van der Waals surface area contributed by atoms with Gasteiger partial charge in [-0.1, -0.05) is 25.5 Å². The zero-order chi connectivity index (χ0) is 10.9. The molecule has 0 amide bonds. The summed E-state index contributed by atoms with van der Waals surface area (Å²) in [5.74, 6) is 0.972. The van der Waals surface area contributed by atoms with Crippen LogP contribution in [-0.2, 0) is 6.42 Å². The minimum absolute atomic E-state index is 0.759. The van der Waals surface area contributed by atoms with Crippen LogP contribution in [0.1, 0.15) is 31.7 Å². The lowest BCUT2D eigenvalue weighted by Gasteiger charge is -2.06. The minimum atomic E-state index is 0.759. The van der Waals surface area contributed by atoms with Crippen molar-refractivity contribution in [3.63, 3.8) is 0 Å². The summed E-state index contributed by atoms with van der Waals surface area (Å²) in [6.07, 6.45) is 4.41. The third kappa shape index (κ3) is 4.84. The molecule has 0 heterocycles. The van der Waals surface area contributed by atoms with Gasteiger partial charge in [-0.15, -0.1) is 0 Å². The molecule has 15 heavy (non-hydrogen) atoms. The fourth-order valence-electron chi connectivity index (χ4n) is 1.39. The van der Waals surface area contributed by atoms with E-state index in [1.165, 1.54) is 12.0 Å². The lowest BCUT2D eigenvalue weighted by atomic mass is 10.1. The van der Waals surface area contributed by atoms with Crippen LogP contribution in [0.15, 0.2) is 24.3 Å². The van der Waals surface area contributed by atoms with Gasteiger partial charge in [0.25, 0.3) is 0 Å². The van der Waals surface area contributed by atoms with Crippen molar-refractivity contribution in [1.29, 1.82) is 0 Å². The van der Waals surface area contributed by atoms with Crippen LogP contribution in [-0.4, -0.2) is 13.2 Å². The van der Waals surface area contributed by atoms with Crippen molar-refractivity contribution in [1.82, 2.24) is 0 Å². The highest BCUT2D eigenvalue weighted by Crippen LogP contribution is 2.13. The molecule has 0 fully saturated rings. The highest BCUT2D eigenvalue weighted by atomic mass is 16.5. The lowest BCUT2D eigenvalue weighted by molar-refractivity contribution is 0.309. The Hall–Kier alpha value is -1.02. The Morgan fingerprint density at radius 3 is 2.47 bits per heavy atom. The quantitative estimate of drug-likeness (QED) is 0.698. The van der Waals surface area contributed by atoms with Gasteiger partial charge >= 0.3 is 0 Å². The van der Waals surface area contributed by atoms with E-state index in [2.05, 4.69) is 19.1 Å². The van der Waals surface area contributed by atoms with Crippen LogP contribution in [0.2, 0.25) is 0 Å². The molecule has 2 N–H and O–H groups in total. The summed E-state index contributed by atoms with van der Waals surface area (Å²) in [4.78, 5) is 0. The molecule has 1 rings (SSSR count). The number of hydrogen-bond acceptors (Lipinski definition) is 2. The second kappa shape index (κ2) is 7.30. The minimum Gasteiger partial charge on any atom is -0.494 e. The zero-order valence-electron chi connectivity index (χ0n) is 9.54. The molecular formula is C13H21NO. The summed E-state index contributed by atoms with van der Waals surface area (Å²) in [5.41, 5.74) is 6.80. The van der Waals surface area contributed by atoms with Crippen LogP contribution in [0.5, 0.6) is 5.75 Å². The van der Waals surface area contributed by atoms with Crippen LogP contribution >= 0.6 is 0 Å². The van der Waals surface area contributed by atoms with Crippen LogP contribution in [0.25, 0.3) is 0 Å². The Morgan fingerprint density at radius 2 is 1.87 bits per heavy atom. The van der Waals surface area contributed by atoms with Gasteiger partial charge in [0.15, 0.2) is 0 Å². The van der Waals surface area contributed by atoms with E-state index in [9.17, 15) is 0 Å². The van der Waals surface area contributed by atoms with Crippen LogP contribution < -0.4 is 10.5 Å². The van der Waals surface area contributed by atoms with Gasteiger partial charge in [-0.2, -0.15) is 0 Å². The summed E-state index contributed by atoms with van der Waals surface area (Å²) in [7, 11) is 0. The van der Waals surface area contributed by atoms with E-state index < -0.39 is 0 Å². The van der Waals surface area contributed by atoms with Crippen molar-refractivity contribution in [2.24, 2.45) is 5.73 Å². The molecule has 0 atom stereocenters. The van der Waals surface area contributed by atoms with Gasteiger partial charge in [-0.25, -0.2) is 0 Å². The average Bonchev–Trinajstić information content (AvgIpc) is 2.28. The van der Waals surface area contributed by atoms with E-state index in [1.807, 2.05) is 12.1 Å². The largest absolute Gasteiger partial charge is 0.494 e. The maximum Gasteiger partial charge on any atom is 0.119 e. The van der Waals surface area contributed by atoms with Gasteiger partial charge < -0.3 is 10.5 Å². The van der Waals surface area contributed by atoms with Gasteiger partial charge in [0.1, 0.15) is 5.75 Å². The number of hydrogen-bond donors (Lipinski definition) is 1. The first kappa shape index (κ1) is 12.1. The molecule has 0 saturated carbocycles. The number of aryl methyl sites for hydroxylation is 1. The third-order valence-corrected chi connectivity index (χ3v) is 2.36. The zero-order valence-corrected chi connectivity index (χ0v) is 9.54. The van der Waals surface area contributed by atoms with E-state index in [4.69, 9.17) is 10.5 Å². The Labute approximate surface area is 92.4 Å². The summed E-state index contributed by atoms with van der Waals surface area (Å²) >= 11 is 0. The highest BCUT2D eigenvalue weighted by Gasteiger charge is 1.95. The molecule has 0 saturated heterocycles. The SMILES string of the molecule is CCCCOc1ccc(CCCN)cc1. The summed E-state index contributed by atoms with van der Waals surface area (Å²) in [5, 5.41) is 0. The van der Waals surface area contributed by atoms with Crippen molar-refractivity contribution in [3.8, 4) is 5.75 Å². The van der Waals surface area contributed by atoms with Gasteiger partial charge in [-0.05, 0) is 43.5 Å². The average molecular weight is 207 g/mol.